The van der Waals surface area contributed by atoms with E-state index in [9.17, 15) is 9.18 Å². The maximum absolute atomic E-state index is 13.3. The van der Waals surface area contributed by atoms with Gasteiger partial charge in [0, 0.05) is 6.54 Å². The molecule has 0 saturated heterocycles. The Morgan fingerprint density at radius 1 is 0.971 bits per heavy atom. The van der Waals surface area contributed by atoms with Crippen LogP contribution in [0.3, 0.4) is 0 Å². The number of amides is 1. The first-order valence-corrected chi connectivity index (χ1v) is 11.0. The molecule has 0 radical (unpaired) electrons. The molecule has 1 aliphatic heterocycles. The molecule has 6 rings (SSSR count). The summed E-state index contributed by atoms with van der Waals surface area (Å²) in [6.07, 6.45) is 0. The highest BCUT2D eigenvalue weighted by atomic mass is 19.1. The number of nitrogens with zero attached hydrogens (tertiary/aromatic N) is 3. The second-order valence-electron chi connectivity index (χ2n) is 8.23. The summed E-state index contributed by atoms with van der Waals surface area (Å²) < 4.78 is 25.9. The number of nitrogens with two attached hydrogens (primary N) is 1. The van der Waals surface area contributed by atoms with Crippen LogP contribution in [0.15, 0.2) is 66.7 Å². The molecular weight excluding hydrogens is 449 g/mol. The first-order valence-electron chi connectivity index (χ1n) is 11.0. The fraction of sp³-hybridized carbons (Fsp3) is 0.115. The molecule has 0 aliphatic carbocycles. The lowest BCUT2D eigenvalue weighted by Gasteiger charge is -2.09. The van der Waals surface area contributed by atoms with Gasteiger partial charge in [-0.15, -0.1) is 0 Å². The van der Waals surface area contributed by atoms with E-state index in [1.54, 1.807) is 16.7 Å². The van der Waals surface area contributed by atoms with Crippen molar-refractivity contribution in [2.24, 2.45) is 0 Å². The molecule has 0 atom stereocenters. The van der Waals surface area contributed by atoms with Gasteiger partial charge in [-0.1, -0.05) is 30.3 Å². The Hall–Kier alpha value is -4.66. The Kier molecular flexibility index (Phi) is 4.95. The smallest absolute Gasteiger partial charge is 0.257 e. The standard InChI is InChI=1S/C26H20FN5O3/c27-17-8-5-15(6-9-17)12-29-26(33)22-23-25(31-19-4-2-1-3-18(19)30-23)32(24(22)28)13-16-7-10-20-21(11-16)35-14-34-20/h1-11H,12-14,28H2,(H,29,33). The molecule has 3 heterocycles. The molecule has 0 fully saturated rings. The van der Waals surface area contributed by atoms with Gasteiger partial charge in [-0.2, -0.15) is 0 Å². The van der Waals surface area contributed by atoms with E-state index < -0.39 is 0 Å². The van der Waals surface area contributed by atoms with Gasteiger partial charge in [0.2, 0.25) is 6.79 Å². The topological polar surface area (TPSA) is 104 Å². The molecule has 2 aromatic heterocycles. The second kappa shape index (κ2) is 8.28. The number of nitrogens with one attached hydrogen (secondary N) is 1. The average molecular weight is 469 g/mol. The summed E-state index contributed by atoms with van der Waals surface area (Å²) in [6.45, 7) is 0.759. The zero-order chi connectivity index (χ0) is 23.9. The Labute approximate surface area is 199 Å². The van der Waals surface area contributed by atoms with E-state index in [0.717, 1.165) is 11.1 Å². The monoisotopic (exact) mass is 469 g/mol. The van der Waals surface area contributed by atoms with E-state index in [1.165, 1.54) is 12.1 Å². The lowest BCUT2D eigenvalue weighted by Crippen LogP contribution is -2.24. The van der Waals surface area contributed by atoms with Crippen molar-refractivity contribution in [1.82, 2.24) is 19.9 Å². The number of carbonyl (C=O) groups excluding carboxylic acids is 1. The summed E-state index contributed by atoms with van der Waals surface area (Å²) in [5.74, 6) is 0.880. The third-order valence-corrected chi connectivity index (χ3v) is 5.96. The number of para-hydroxylation sites is 2. The zero-order valence-electron chi connectivity index (χ0n) is 18.5. The van der Waals surface area contributed by atoms with Gasteiger partial charge in [-0.05, 0) is 47.5 Å². The molecule has 0 bridgehead atoms. The number of benzene rings is 3. The fourth-order valence-corrected chi connectivity index (χ4v) is 4.20. The molecule has 8 nitrogen and oxygen atoms in total. The first kappa shape index (κ1) is 20.9. The van der Waals surface area contributed by atoms with Crippen molar-refractivity contribution in [3.8, 4) is 11.5 Å². The van der Waals surface area contributed by atoms with Crippen LogP contribution in [-0.2, 0) is 13.1 Å². The third kappa shape index (κ3) is 3.76. The van der Waals surface area contributed by atoms with Crippen molar-refractivity contribution in [3.05, 3.63) is 89.2 Å². The minimum Gasteiger partial charge on any atom is -0.454 e. The van der Waals surface area contributed by atoms with E-state index in [2.05, 4.69) is 5.32 Å². The maximum Gasteiger partial charge on any atom is 0.257 e. The van der Waals surface area contributed by atoms with Gasteiger partial charge in [0.25, 0.3) is 5.91 Å². The number of hydrogen-bond donors (Lipinski definition) is 2. The first-order chi connectivity index (χ1) is 17.1. The van der Waals surface area contributed by atoms with Crippen LogP contribution in [0.1, 0.15) is 21.5 Å². The number of carbonyl (C=O) groups is 1. The Bertz CT molecular complexity index is 1600. The van der Waals surface area contributed by atoms with Gasteiger partial charge < -0.3 is 25.1 Å². The SMILES string of the molecule is Nc1c(C(=O)NCc2ccc(F)cc2)c2nc3ccccc3nc2n1Cc1ccc2c(c1)OCO2. The van der Waals surface area contributed by atoms with Gasteiger partial charge in [0.05, 0.1) is 17.6 Å². The lowest BCUT2D eigenvalue weighted by molar-refractivity contribution is 0.0953. The van der Waals surface area contributed by atoms with Gasteiger partial charge in [0.15, 0.2) is 17.1 Å². The number of nitrogen functional groups attached to an aromatic ring is 1. The van der Waals surface area contributed by atoms with Crippen LogP contribution < -0.4 is 20.5 Å². The number of hydrogen-bond acceptors (Lipinski definition) is 6. The summed E-state index contributed by atoms with van der Waals surface area (Å²) in [5, 5.41) is 2.87. The van der Waals surface area contributed by atoms with Crippen LogP contribution in [0, 0.1) is 5.82 Å². The predicted octanol–water partition coefficient (Wildman–Crippen LogP) is 4.01. The van der Waals surface area contributed by atoms with E-state index in [-0.39, 0.29) is 36.4 Å². The van der Waals surface area contributed by atoms with Gasteiger partial charge in [-0.25, -0.2) is 14.4 Å². The quantitative estimate of drug-likeness (QED) is 0.403. The molecule has 174 valence electrons. The van der Waals surface area contributed by atoms with E-state index in [4.69, 9.17) is 25.2 Å². The van der Waals surface area contributed by atoms with Crippen LogP contribution in [0.4, 0.5) is 10.2 Å². The van der Waals surface area contributed by atoms with Crippen molar-refractivity contribution in [1.29, 1.82) is 0 Å². The Balaban J connectivity index is 1.42. The number of halogens is 1. The van der Waals surface area contributed by atoms with Gasteiger partial charge in [-0.3, -0.25) is 4.79 Å². The van der Waals surface area contributed by atoms with Crippen molar-refractivity contribution in [2.45, 2.75) is 13.1 Å². The molecular formula is C26H20FN5O3. The highest BCUT2D eigenvalue weighted by Gasteiger charge is 2.24. The molecule has 0 saturated carbocycles. The maximum atomic E-state index is 13.3. The highest BCUT2D eigenvalue weighted by molar-refractivity contribution is 6.10. The van der Waals surface area contributed by atoms with Crippen LogP contribution in [0.25, 0.3) is 22.2 Å². The minimum absolute atomic E-state index is 0.184. The summed E-state index contributed by atoms with van der Waals surface area (Å²) in [6, 6.07) is 19.0. The number of ether oxygens (including phenoxy) is 2. The molecule has 5 aromatic rings. The Morgan fingerprint density at radius 3 is 2.49 bits per heavy atom. The largest absolute Gasteiger partial charge is 0.454 e. The molecule has 35 heavy (non-hydrogen) atoms. The fourth-order valence-electron chi connectivity index (χ4n) is 4.20. The normalized spacial score (nSPS) is 12.4. The zero-order valence-corrected chi connectivity index (χ0v) is 18.5. The van der Waals surface area contributed by atoms with Crippen LogP contribution >= 0.6 is 0 Å². The number of anilines is 1. The summed E-state index contributed by atoms with van der Waals surface area (Å²) in [7, 11) is 0. The second-order valence-corrected chi connectivity index (χ2v) is 8.23. The molecule has 1 aliphatic rings. The molecule has 9 heteroatoms. The lowest BCUT2D eigenvalue weighted by atomic mass is 10.2. The van der Waals surface area contributed by atoms with Gasteiger partial charge in [0.1, 0.15) is 22.7 Å². The average Bonchev–Trinajstić information content (AvgIpc) is 3.44. The van der Waals surface area contributed by atoms with Crippen LogP contribution in [-0.4, -0.2) is 27.2 Å². The predicted molar refractivity (Wildman–Crippen MR) is 129 cm³/mol. The van der Waals surface area contributed by atoms with E-state index in [1.807, 2.05) is 42.5 Å². The molecule has 3 aromatic carbocycles. The van der Waals surface area contributed by atoms with Crippen LogP contribution in [0.2, 0.25) is 0 Å². The Morgan fingerprint density at radius 2 is 1.69 bits per heavy atom. The number of fused-ring (bicyclic) bond motifs is 3. The minimum atomic E-state index is -0.383. The van der Waals surface area contributed by atoms with E-state index >= 15 is 0 Å². The van der Waals surface area contributed by atoms with Crippen molar-refractivity contribution >= 4 is 33.9 Å². The molecule has 0 spiro atoms. The van der Waals surface area contributed by atoms with Crippen molar-refractivity contribution < 1.29 is 18.7 Å². The van der Waals surface area contributed by atoms with Crippen molar-refractivity contribution in [2.75, 3.05) is 12.5 Å². The number of rotatable bonds is 5. The molecule has 0 unspecified atom stereocenters. The van der Waals surface area contributed by atoms with Crippen LogP contribution in [0.5, 0.6) is 11.5 Å². The highest BCUT2D eigenvalue weighted by Crippen LogP contribution is 2.34. The summed E-state index contributed by atoms with van der Waals surface area (Å²) in [4.78, 5) is 22.8. The number of aromatic nitrogens is 3. The van der Waals surface area contributed by atoms with E-state index in [0.29, 0.717) is 40.2 Å². The summed E-state index contributed by atoms with van der Waals surface area (Å²) >= 11 is 0. The molecule has 1 amide bonds. The van der Waals surface area contributed by atoms with Gasteiger partial charge >= 0.3 is 0 Å². The molecule has 3 N–H and O–H groups in total. The summed E-state index contributed by atoms with van der Waals surface area (Å²) in [5.41, 5.74) is 10.7. The third-order valence-electron chi connectivity index (χ3n) is 5.96. The van der Waals surface area contributed by atoms with Crippen molar-refractivity contribution in [3.63, 3.8) is 0 Å².